The molecule has 0 bridgehead atoms. The summed E-state index contributed by atoms with van der Waals surface area (Å²) in [6, 6.07) is -0.934. The summed E-state index contributed by atoms with van der Waals surface area (Å²) in [7, 11) is 1.28. The molecule has 12 nitrogen and oxygen atoms in total. The highest BCUT2D eigenvalue weighted by atomic mass is 32.2. The van der Waals surface area contributed by atoms with E-state index in [1.807, 2.05) is 17.1 Å². The second-order valence-electron chi connectivity index (χ2n) is 8.00. The number of nitrogen functional groups attached to an aromatic ring is 1. The van der Waals surface area contributed by atoms with Crippen LogP contribution >= 0.6 is 34.4 Å². The van der Waals surface area contributed by atoms with Crippen LogP contribution < -0.4 is 20.7 Å². The smallest absolute Gasteiger partial charge is 0.276 e. The standard InChI is InChI=1S/C21H21N7O5S3/c1-3-11-7-34-13-5-26(9-27(11)13)4-10-6-35-19-15(18(30)28(19)16(10)20(31)32)24-17(29)14(25-33-2)12-8-36-21(22)23-12/h5,7-9,15,19H,3-4,6H2,1-2H3,(H3-,22,23,24,29,31,32)/b25-14-/t15-,19-/m1/s1. The van der Waals surface area contributed by atoms with Crippen molar-refractivity contribution < 1.29 is 28.9 Å². The Labute approximate surface area is 217 Å². The van der Waals surface area contributed by atoms with Crippen LogP contribution in [0.15, 0.2) is 39.7 Å². The van der Waals surface area contributed by atoms with Crippen molar-refractivity contribution in [2.24, 2.45) is 5.16 Å². The summed E-state index contributed by atoms with van der Waals surface area (Å²) < 4.78 is 3.97. The normalized spacial score (nSPS) is 19.9. The highest BCUT2D eigenvalue weighted by Crippen LogP contribution is 2.40. The van der Waals surface area contributed by atoms with Crippen molar-refractivity contribution in [3.8, 4) is 0 Å². The van der Waals surface area contributed by atoms with E-state index in [-0.39, 0.29) is 22.2 Å². The van der Waals surface area contributed by atoms with Gasteiger partial charge in [-0.1, -0.05) is 23.4 Å². The van der Waals surface area contributed by atoms with Gasteiger partial charge in [0.05, 0.1) is 11.7 Å². The molecule has 0 spiro atoms. The number of thiazole rings is 2. The van der Waals surface area contributed by atoms with Crippen LogP contribution in [0, 0.1) is 0 Å². The maximum Gasteiger partial charge on any atom is 0.276 e. The van der Waals surface area contributed by atoms with Crippen LogP contribution in [0.25, 0.3) is 4.83 Å². The summed E-state index contributed by atoms with van der Waals surface area (Å²) >= 11 is 4.12. The second kappa shape index (κ2) is 9.55. The number of β-lactam (4-membered cyclic amide) rings is 1. The van der Waals surface area contributed by atoms with Crippen molar-refractivity contribution in [1.82, 2.24) is 19.6 Å². The molecule has 3 aromatic rings. The third-order valence-corrected chi connectivity index (χ3v) is 8.77. The molecule has 2 aliphatic rings. The number of aromatic nitrogens is 3. The molecule has 36 heavy (non-hydrogen) atoms. The molecule has 5 rings (SSSR count). The third kappa shape index (κ3) is 4.12. The van der Waals surface area contributed by atoms with Crippen LogP contribution in [0.3, 0.4) is 0 Å². The number of imidazole rings is 1. The zero-order chi connectivity index (χ0) is 25.6. The molecular weight excluding hydrogens is 526 g/mol. The molecule has 3 N–H and O–H groups in total. The van der Waals surface area contributed by atoms with Gasteiger partial charge >= 0.3 is 0 Å². The van der Waals surface area contributed by atoms with Crippen LogP contribution in [0.1, 0.15) is 18.3 Å². The van der Waals surface area contributed by atoms with Crippen molar-refractivity contribution in [3.63, 3.8) is 0 Å². The van der Waals surface area contributed by atoms with Gasteiger partial charge in [0.25, 0.3) is 11.8 Å². The molecular formula is C21H21N7O5S3. The molecule has 0 radical (unpaired) electrons. The Morgan fingerprint density at radius 3 is 2.86 bits per heavy atom. The molecule has 2 amide bonds. The number of oxime groups is 1. The first-order valence-electron chi connectivity index (χ1n) is 10.8. The number of carbonyl (C=O) groups is 3. The molecule has 0 saturated carbocycles. The number of carboxylic acid groups (broad SMARTS) is 1. The lowest BCUT2D eigenvalue weighted by Gasteiger charge is -2.50. The maximum atomic E-state index is 13.0. The van der Waals surface area contributed by atoms with Crippen molar-refractivity contribution in [2.45, 2.75) is 31.3 Å². The van der Waals surface area contributed by atoms with Gasteiger partial charge in [0.1, 0.15) is 42.7 Å². The van der Waals surface area contributed by atoms with E-state index < -0.39 is 29.2 Å². The van der Waals surface area contributed by atoms with Gasteiger partial charge < -0.3 is 25.8 Å². The topological polar surface area (TPSA) is 158 Å². The fourth-order valence-electron chi connectivity index (χ4n) is 4.19. The number of nitrogens with two attached hydrogens (primary N) is 1. The number of anilines is 1. The molecule has 188 valence electrons. The van der Waals surface area contributed by atoms with Gasteiger partial charge in [0, 0.05) is 28.5 Å². The van der Waals surface area contributed by atoms with Crippen LogP contribution in [0.2, 0.25) is 0 Å². The van der Waals surface area contributed by atoms with E-state index in [4.69, 9.17) is 10.6 Å². The minimum absolute atomic E-state index is 0.134. The van der Waals surface area contributed by atoms with Gasteiger partial charge in [0.15, 0.2) is 10.8 Å². The summed E-state index contributed by atoms with van der Waals surface area (Å²) in [5, 5.41) is 21.7. The van der Waals surface area contributed by atoms with Gasteiger partial charge in [-0.25, -0.2) is 9.55 Å². The molecule has 3 aromatic heterocycles. The first-order chi connectivity index (χ1) is 17.3. The fraction of sp³-hybridized carbons (Fsp3) is 0.333. The van der Waals surface area contributed by atoms with Crippen molar-refractivity contribution in [1.29, 1.82) is 0 Å². The lowest BCUT2D eigenvalue weighted by atomic mass is 10.0. The number of nitrogens with zero attached hydrogens (tertiary/aromatic N) is 5. The van der Waals surface area contributed by atoms with E-state index in [9.17, 15) is 19.5 Å². The van der Waals surface area contributed by atoms with E-state index in [1.54, 1.807) is 16.7 Å². The van der Waals surface area contributed by atoms with Gasteiger partial charge in [-0.15, -0.1) is 23.1 Å². The number of aryl methyl sites for hydroxylation is 1. The average Bonchev–Trinajstić information content (AvgIpc) is 3.56. The van der Waals surface area contributed by atoms with E-state index in [2.05, 4.69) is 32.2 Å². The minimum Gasteiger partial charge on any atom is -0.543 e. The zero-order valence-corrected chi connectivity index (χ0v) is 21.6. The number of hydrogen-bond acceptors (Lipinski definition) is 11. The molecule has 5 heterocycles. The highest BCUT2D eigenvalue weighted by Gasteiger charge is 2.53. The van der Waals surface area contributed by atoms with Crippen LogP contribution in [0.5, 0.6) is 0 Å². The van der Waals surface area contributed by atoms with E-state index in [0.29, 0.717) is 17.9 Å². The molecule has 0 aliphatic carbocycles. The average molecular weight is 548 g/mol. The summed E-state index contributed by atoms with van der Waals surface area (Å²) in [4.78, 5) is 49.0. The molecule has 2 aliphatic heterocycles. The quantitative estimate of drug-likeness (QED) is 0.163. The number of carboxylic acids is 1. The highest BCUT2D eigenvalue weighted by molar-refractivity contribution is 8.00. The lowest BCUT2D eigenvalue weighted by molar-refractivity contribution is -0.687. The number of fused-ring (bicyclic) bond motifs is 2. The first-order valence-corrected chi connectivity index (χ1v) is 13.6. The van der Waals surface area contributed by atoms with Crippen molar-refractivity contribution >= 4 is 67.9 Å². The second-order valence-corrected chi connectivity index (χ2v) is 10.9. The number of rotatable bonds is 8. The summed E-state index contributed by atoms with van der Waals surface area (Å²) in [5.41, 5.74) is 7.31. The Bertz CT molecular complexity index is 1440. The lowest BCUT2D eigenvalue weighted by Crippen LogP contribution is -2.71. The predicted octanol–water partition coefficient (Wildman–Crippen LogP) is -0.656. The Balaban J connectivity index is 1.35. The summed E-state index contributed by atoms with van der Waals surface area (Å²) in [5.74, 6) is -2.28. The van der Waals surface area contributed by atoms with Gasteiger partial charge in [-0.05, 0) is 0 Å². The molecule has 1 fully saturated rings. The summed E-state index contributed by atoms with van der Waals surface area (Å²) in [6.45, 7) is 2.37. The van der Waals surface area contributed by atoms with Gasteiger partial charge in [0.2, 0.25) is 11.2 Å². The summed E-state index contributed by atoms with van der Waals surface area (Å²) in [6.07, 6.45) is 4.74. The SMILES string of the molecule is CCc1csc2c[n+](CC3=C(C(=O)[O-])N4C(=O)[C@@H](NC(=O)/C(=N\OC)c5csc(N)n5)[C@H]4SC3)cn12. The Morgan fingerprint density at radius 2 is 2.19 bits per heavy atom. The number of thioether (sulfide) groups is 1. The van der Waals surface area contributed by atoms with Crippen molar-refractivity contribution in [3.05, 3.63) is 45.9 Å². The zero-order valence-electron chi connectivity index (χ0n) is 19.2. The van der Waals surface area contributed by atoms with E-state index >= 15 is 0 Å². The number of carbonyl (C=O) groups excluding carboxylic acids is 3. The largest absolute Gasteiger partial charge is 0.543 e. The monoisotopic (exact) mass is 547 g/mol. The number of amides is 2. The number of nitrogens with one attached hydrogen (secondary N) is 1. The van der Waals surface area contributed by atoms with E-state index in [0.717, 1.165) is 28.3 Å². The number of aliphatic carboxylic acids is 1. The Hall–Kier alpha value is -3.43. The molecule has 15 heteroatoms. The Morgan fingerprint density at radius 1 is 1.39 bits per heavy atom. The first kappa shape index (κ1) is 24.3. The van der Waals surface area contributed by atoms with E-state index in [1.165, 1.54) is 23.8 Å². The molecule has 1 saturated heterocycles. The maximum absolute atomic E-state index is 13.0. The molecule has 0 unspecified atom stereocenters. The third-order valence-electron chi connectivity index (χ3n) is 5.83. The fourth-order valence-corrected chi connectivity index (χ4v) is 7.08. The molecule has 2 atom stereocenters. The van der Waals surface area contributed by atoms with Crippen molar-refractivity contribution in [2.75, 3.05) is 18.6 Å². The van der Waals surface area contributed by atoms with Crippen LogP contribution in [-0.2, 0) is 32.2 Å². The van der Waals surface area contributed by atoms with Crippen LogP contribution in [0.4, 0.5) is 5.13 Å². The van der Waals surface area contributed by atoms with Gasteiger partial charge in [-0.3, -0.25) is 14.5 Å². The molecule has 0 aromatic carbocycles. The number of hydrogen-bond donors (Lipinski definition) is 2. The van der Waals surface area contributed by atoms with Gasteiger partial charge in [-0.2, -0.15) is 4.40 Å². The Kier molecular flexibility index (Phi) is 6.44. The predicted molar refractivity (Wildman–Crippen MR) is 132 cm³/mol. The van der Waals surface area contributed by atoms with Crippen LogP contribution in [-0.4, -0.2) is 62.1 Å². The minimum atomic E-state index is -1.43.